The Hall–Kier alpha value is -0.570. The van der Waals surface area contributed by atoms with Crippen LogP contribution in [0.25, 0.3) is 0 Å². The van der Waals surface area contributed by atoms with E-state index in [1.54, 1.807) is 0 Å². The summed E-state index contributed by atoms with van der Waals surface area (Å²) in [6, 6.07) is 0.546. The molecule has 88 valence electrons. The molecule has 1 atom stereocenters. The predicted molar refractivity (Wildman–Crippen MR) is 62.5 cm³/mol. The Morgan fingerprint density at radius 1 is 1.53 bits per heavy atom. The highest BCUT2D eigenvalue weighted by Crippen LogP contribution is 2.28. The molecular weight excluding hydrogens is 188 g/mol. The van der Waals surface area contributed by atoms with Crippen molar-refractivity contribution < 1.29 is 4.79 Å². The molecule has 1 amide bonds. The van der Waals surface area contributed by atoms with Crippen molar-refractivity contribution in [3.63, 3.8) is 0 Å². The molecule has 0 aromatic rings. The van der Waals surface area contributed by atoms with E-state index in [1.807, 2.05) is 6.92 Å². The van der Waals surface area contributed by atoms with Crippen LogP contribution >= 0.6 is 0 Å². The molecular formula is C12H24N2O. The number of carbonyl (C=O) groups excluding carboxylic acids is 1. The average molecular weight is 212 g/mol. The summed E-state index contributed by atoms with van der Waals surface area (Å²) in [6.07, 6.45) is 5.49. The first kappa shape index (κ1) is 12.5. The zero-order chi connectivity index (χ0) is 11.3. The summed E-state index contributed by atoms with van der Waals surface area (Å²) in [5, 5.41) is 0. The number of carbonyl (C=O) groups is 1. The smallest absolute Gasteiger partial charge is 0.225 e. The topological polar surface area (TPSA) is 46.3 Å². The Kier molecular flexibility index (Phi) is 5.09. The van der Waals surface area contributed by atoms with Gasteiger partial charge in [0.05, 0.1) is 0 Å². The van der Waals surface area contributed by atoms with Crippen LogP contribution in [0.1, 0.15) is 46.0 Å². The first-order valence-corrected chi connectivity index (χ1v) is 6.21. The van der Waals surface area contributed by atoms with E-state index in [-0.39, 0.29) is 5.92 Å². The van der Waals surface area contributed by atoms with Crippen LogP contribution < -0.4 is 5.73 Å². The summed E-state index contributed by atoms with van der Waals surface area (Å²) in [4.78, 5) is 14.2. The highest BCUT2D eigenvalue weighted by molar-refractivity contribution is 5.79. The van der Waals surface area contributed by atoms with Crippen molar-refractivity contribution in [3.05, 3.63) is 0 Å². The van der Waals surface area contributed by atoms with Crippen LogP contribution in [0.3, 0.4) is 0 Å². The first-order valence-electron chi connectivity index (χ1n) is 6.21. The Labute approximate surface area is 93.0 Å². The van der Waals surface area contributed by atoms with Crippen LogP contribution in [-0.2, 0) is 4.79 Å². The Balaban J connectivity index is 2.43. The fourth-order valence-electron chi connectivity index (χ4n) is 1.84. The molecule has 0 aromatic heterocycles. The molecule has 2 N–H and O–H groups in total. The van der Waals surface area contributed by atoms with Crippen LogP contribution in [0.15, 0.2) is 0 Å². The van der Waals surface area contributed by atoms with Crippen LogP contribution in [0, 0.1) is 5.92 Å². The third-order valence-corrected chi connectivity index (χ3v) is 3.04. The van der Waals surface area contributed by atoms with E-state index < -0.39 is 0 Å². The summed E-state index contributed by atoms with van der Waals surface area (Å²) in [7, 11) is 0. The maximum Gasteiger partial charge on any atom is 0.225 e. The lowest BCUT2D eigenvalue weighted by atomic mass is 10.1. The second kappa shape index (κ2) is 6.11. The number of rotatable bonds is 7. The number of hydrogen-bond acceptors (Lipinski definition) is 2. The number of nitrogens with two attached hydrogens (primary N) is 1. The standard InChI is InChI=1S/C12H24N2O/c1-3-4-9-14(11-5-6-11)12(15)10(2)7-8-13/h10-11H,3-9,13H2,1-2H3. The van der Waals surface area contributed by atoms with Crippen molar-refractivity contribution >= 4 is 5.91 Å². The van der Waals surface area contributed by atoms with Gasteiger partial charge in [0.1, 0.15) is 0 Å². The monoisotopic (exact) mass is 212 g/mol. The Morgan fingerprint density at radius 2 is 2.20 bits per heavy atom. The minimum absolute atomic E-state index is 0.104. The molecule has 1 aliphatic carbocycles. The van der Waals surface area contributed by atoms with Crippen LogP contribution in [0.5, 0.6) is 0 Å². The van der Waals surface area contributed by atoms with Crippen LogP contribution in [0.2, 0.25) is 0 Å². The van der Waals surface area contributed by atoms with Crippen molar-refractivity contribution in [2.24, 2.45) is 11.7 Å². The second-order valence-electron chi connectivity index (χ2n) is 4.59. The van der Waals surface area contributed by atoms with Gasteiger partial charge in [0.25, 0.3) is 0 Å². The van der Waals surface area contributed by atoms with E-state index in [1.165, 1.54) is 12.8 Å². The largest absolute Gasteiger partial charge is 0.339 e. The lowest BCUT2D eigenvalue weighted by Crippen LogP contribution is -2.38. The van der Waals surface area contributed by atoms with Crippen molar-refractivity contribution in [3.8, 4) is 0 Å². The SMILES string of the molecule is CCCCN(C(=O)C(C)CCN)C1CC1. The molecule has 0 saturated heterocycles. The quantitative estimate of drug-likeness (QED) is 0.699. The predicted octanol–water partition coefficient (Wildman–Crippen LogP) is 1.76. The van der Waals surface area contributed by atoms with Gasteiger partial charge < -0.3 is 10.6 Å². The number of amides is 1. The third-order valence-electron chi connectivity index (χ3n) is 3.04. The molecule has 1 saturated carbocycles. The molecule has 0 spiro atoms. The van der Waals surface area contributed by atoms with Gasteiger partial charge in [-0.3, -0.25) is 4.79 Å². The molecule has 0 bridgehead atoms. The van der Waals surface area contributed by atoms with E-state index in [0.29, 0.717) is 18.5 Å². The Bertz CT molecular complexity index is 202. The van der Waals surface area contributed by atoms with E-state index in [9.17, 15) is 4.79 Å². The Morgan fingerprint density at radius 3 is 2.67 bits per heavy atom. The average Bonchev–Trinajstić information content (AvgIpc) is 3.02. The highest BCUT2D eigenvalue weighted by Gasteiger charge is 2.33. The summed E-state index contributed by atoms with van der Waals surface area (Å²) in [5.74, 6) is 0.420. The zero-order valence-electron chi connectivity index (χ0n) is 10.0. The maximum atomic E-state index is 12.1. The summed E-state index contributed by atoms with van der Waals surface area (Å²) in [6.45, 7) is 5.71. The number of nitrogens with zero attached hydrogens (tertiary/aromatic N) is 1. The molecule has 0 heterocycles. The molecule has 1 unspecified atom stereocenters. The zero-order valence-corrected chi connectivity index (χ0v) is 10.0. The van der Waals surface area contributed by atoms with Gasteiger partial charge in [-0.15, -0.1) is 0 Å². The molecule has 1 rings (SSSR count). The van der Waals surface area contributed by atoms with Crippen LogP contribution in [0.4, 0.5) is 0 Å². The fourth-order valence-corrected chi connectivity index (χ4v) is 1.84. The molecule has 0 aromatic carbocycles. The first-order chi connectivity index (χ1) is 7.20. The van der Waals surface area contributed by atoms with Crippen LogP contribution in [-0.4, -0.2) is 29.9 Å². The minimum atomic E-state index is 0.104. The van der Waals surface area contributed by atoms with Gasteiger partial charge >= 0.3 is 0 Å². The van der Waals surface area contributed by atoms with Crippen molar-refractivity contribution in [2.75, 3.05) is 13.1 Å². The molecule has 1 aliphatic rings. The molecule has 0 aliphatic heterocycles. The van der Waals surface area contributed by atoms with Crippen molar-refractivity contribution in [1.29, 1.82) is 0 Å². The minimum Gasteiger partial charge on any atom is -0.339 e. The molecule has 1 fully saturated rings. The molecule has 0 radical (unpaired) electrons. The third kappa shape index (κ3) is 3.82. The molecule has 3 nitrogen and oxygen atoms in total. The van der Waals surface area contributed by atoms with E-state index in [0.717, 1.165) is 25.8 Å². The lowest BCUT2D eigenvalue weighted by Gasteiger charge is -2.25. The summed E-state index contributed by atoms with van der Waals surface area (Å²) >= 11 is 0. The van der Waals surface area contributed by atoms with Gasteiger partial charge in [-0.05, 0) is 32.2 Å². The van der Waals surface area contributed by atoms with Gasteiger partial charge in [-0.1, -0.05) is 20.3 Å². The number of unbranched alkanes of at least 4 members (excludes halogenated alkanes) is 1. The lowest BCUT2D eigenvalue weighted by molar-refractivity contribution is -0.135. The van der Waals surface area contributed by atoms with Gasteiger partial charge in [0.2, 0.25) is 5.91 Å². The van der Waals surface area contributed by atoms with E-state index in [4.69, 9.17) is 5.73 Å². The van der Waals surface area contributed by atoms with E-state index in [2.05, 4.69) is 11.8 Å². The maximum absolute atomic E-state index is 12.1. The summed E-state index contributed by atoms with van der Waals surface area (Å²) in [5.41, 5.74) is 5.49. The van der Waals surface area contributed by atoms with Gasteiger partial charge in [-0.25, -0.2) is 0 Å². The van der Waals surface area contributed by atoms with Crippen molar-refractivity contribution in [2.45, 2.75) is 52.0 Å². The number of hydrogen-bond donors (Lipinski definition) is 1. The summed E-state index contributed by atoms with van der Waals surface area (Å²) < 4.78 is 0. The second-order valence-corrected chi connectivity index (χ2v) is 4.59. The van der Waals surface area contributed by atoms with Gasteiger partial charge in [0.15, 0.2) is 0 Å². The molecule has 15 heavy (non-hydrogen) atoms. The van der Waals surface area contributed by atoms with E-state index >= 15 is 0 Å². The van der Waals surface area contributed by atoms with Crippen molar-refractivity contribution in [1.82, 2.24) is 4.90 Å². The van der Waals surface area contributed by atoms with Gasteiger partial charge in [0, 0.05) is 18.5 Å². The normalized spacial score (nSPS) is 17.5. The highest BCUT2D eigenvalue weighted by atomic mass is 16.2. The van der Waals surface area contributed by atoms with Gasteiger partial charge in [-0.2, -0.15) is 0 Å². The molecule has 3 heteroatoms. The fraction of sp³-hybridized carbons (Fsp3) is 0.917.